The molecule has 202 valence electrons. The SMILES string of the molecule is CC1=C(/C=C/C(C)=C/C=C/C(C)=C/C=C/C=C(C)/C=C/C=C(C)/C=C/C=C(C)/C=C/C=O)C(C)(C)CCC1. The Morgan fingerprint density at radius 3 is 1.42 bits per heavy atom. The van der Waals surface area contributed by atoms with Gasteiger partial charge in [-0.25, -0.2) is 0 Å². The van der Waals surface area contributed by atoms with E-state index in [-0.39, 0.29) is 5.41 Å². The van der Waals surface area contributed by atoms with E-state index in [1.807, 2.05) is 25.2 Å². The summed E-state index contributed by atoms with van der Waals surface area (Å²) in [5.41, 5.74) is 9.17. The van der Waals surface area contributed by atoms with Gasteiger partial charge in [0.25, 0.3) is 0 Å². The molecular weight excluding hydrogens is 460 g/mol. The predicted molar refractivity (Wildman–Crippen MR) is 170 cm³/mol. The van der Waals surface area contributed by atoms with Crippen LogP contribution in [-0.4, -0.2) is 6.29 Å². The van der Waals surface area contributed by atoms with Crippen molar-refractivity contribution >= 4 is 6.29 Å². The molecule has 1 aliphatic carbocycles. The van der Waals surface area contributed by atoms with Crippen molar-refractivity contribution in [3.63, 3.8) is 0 Å². The first-order valence-corrected chi connectivity index (χ1v) is 13.6. The highest BCUT2D eigenvalue weighted by Crippen LogP contribution is 2.40. The Balaban J connectivity index is 2.62. The van der Waals surface area contributed by atoms with Crippen LogP contribution in [0.1, 0.15) is 74.7 Å². The van der Waals surface area contributed by atoms with Crippen molar-refractivity contribution in [2.75, 3.05) is 0 Å². The maximum atomic E-state index is 10.3. The van der Waals surface area contributed by atoms with Crippen LogP contribution in [0.5, 0.6) is 0 Å². The minimum absolute atomic E-state index is 0.282. The maximum absolute atomic E-state index is 10.3. The second kappa shape index (κ2) is 17.9. The molecule has 1 aliphatic rings. The summed E-state index contributed by atoms with van der Waals surface area (Å²) in [4.78, 5) is 10.3. The van der Waals surface area contributed by atoms with Crippen LogP contribution in [0.2, 0.25) is 0 Å². The first-order valence-electron chi connectivity index (χ1n) is 13.6. The highest BCUT2D eigenvalue weighted by molar-refractivity contribution is 5.65. The van der Waals surface area contributed by atoms with Crippen LogP contribution < -0.4 is 0 Å². The molecule has 0 bridgehead atoms. The van der Waals surface area contributed by atoms with Gasteiger partial charge in [0.2, 0.25) is 0 Å². The minimum atomic E-state index is 0.282. The van der Waals surface area contributed by atoms with Crippen molar-refractivity contribution in [1.29, 1.82) is 0 Å². The van der Waals surface area contributed by atoms with Crippen molar-refractivity contribution in [2.24, 2.45) is 5.41 Å². The molecule has 0 fully saturated rings. The van der Waals surface area contributed by atoms with E-state index < -0.39 is 0 Å². The van der Waals surface area contributed by atoms with E-state index in [4.69, 9.17) is 0 Å². The number of hydrogen-bond acceptors (Lipinski definition) is 1. The molecule has 0 aromatic carbocycles. The van der Waals surface area contributed by atoms with Crippen LogP contribution in [-0.2, 0) is 4.79 Å². The molecule has 0 unspecified atom stereocenters. The van der Waals surface area contributed by atoms with Crippen molar-refractivity contribution in [2.45, 2.75) is 74.7 Å². The topological polar surface area (TPSA) is 17.1 Å². The Kier molecular flexibility index (Phi) is 15.4. The third kappa shape index (κ3) is 14.3. The van der Waals surface area contributed by atoms with E-state index in [2.05, 4.69) is 121 Å². The Morgan fingerprint density at radius 1 is 0.605 bits per heavy atom. The van der Waals surface area contributed by atoms with Gasteiger partial charge < -0.3 is 0 Å². The van der Waals surface area contributed by atoms with Crippen molar-refractivity contribution in [1.82, 2.24) is 0 Å². The van der Waals surface area contributed by atoms with Crippen molar-refractivity contribution in [3.8, 4) is 0 Å². The summed E-state index contributed by atoms with van der Waals surface area (Å²) in [5.74, 6) is 0. The smallest absolute Gasteiger partial charge is 0.142 e. The highest BCUT2D eigenvalue weighted by Gasteiger charge is 2.26. The third-order valence-electron chi connectivity index (χ3n) is 6.48. The van der Waals surface area contributed by atoms with Gasteiger partial charge in [0.1, 0.15) is 6.29 Å². The Labute approximate surface area is 233 Å². The van der Waals surface area contributed by atoms with E-state index in [1.165, 1.54) is 53.2 Å². The molecule has 38 heavy (non-hydrogen) atoms. The first-order chi connectivity index (χ1) is 18.0. The van der Waals surface area contributed by atoms with Crippen LogP contribution in [0.4, 0.5) is 0 Å². The van der Waals surface area contributed by atoms with E-state index in [9.17, 15) is 4.79 Å². The molecule has 0 amide bonds. The molecule has 0 aliphatic heterocycles. The molecule has 0 saturated heterocycles. The third-order valence-corrected chi connectivity index (χ3v) is 6.48. The van der Waals surface area contributed by atoms with Gasteiger partial charge in [-0.05, 0) is 77.9 Å². The zero-order chi connectivity index (χ0) is 28.4. The van der Waals surface area contributed by atoms with Gasteiger partial charge in [-0.15, -0.1) is 0 Å². The number of carbonyl (C=O) groups excluding carboxylic acids is 1. The molecule has 1 nitrogen and oxygen atoms in total. The predicted octanol–water partition coefficient (Wildman–Crippen LogP) is 10.8. The number of hydrogen-bond donors (Lipinski definition) is 0. The van der Waals surface area contributed by atoms with Crippen LogP contribution in [0.25, 0.3) is 0 Å². The summed E-state index contributed by atoms with van der Waals surface area (Å²) < 4.78 is 0. The fraction of sp³-hybridized carbons (Fsp3) is 0.324. The second-order valence-corrected chi connectivity index (χ2v) is 10.8. The summed E-state index contributed by atoms with van der Waals surface area (Å²) in [7, 11) is 0. The molecular formula is C37H48O. The number of allylic oxidation sites excluding steroid dienone is 24. The average Bonchev–Trinajstić information content (AvgIpc) is 2.84. The first kappa shape index (κ1) is 32.6. The Bertz CT molecular complexity index is 1150. The monoisotopic (exact) mass is 508 g/mol. The van der Waals surface area contributed by atoms with Crippen LogP contribution >= 0.6 is 0 Å². The summed E-state index contributed by atoms with van der Waals surface area (Å²) in [6.07, 6.45) is 39.5. The quantitative estimate of drug-likeness (QED) is 0.145. The van der Waals surface area contributed by atoms with Crippen molar-refractivity contribution < 1.29 is 4.79 Å². The Hall–Kier alpha value is -3.45. The largest absolute Gasteiger partial charge is 0.299 e. The molecule has 0 atom stereocenters. The summed E-state index contributed by atoms with van der Waals surface area (Å²) >= 11 is 0. The number of aldehydes is 1. The van der Waals surface area contributed by atoms with E-state index >= 15 is 0 Å². The normalized spacial score (nSPS) is 19.1. The highest BCUT2D eigenvalue weighted by atomic mass is 16.1. The van der Waals surface area contributed by atoms with Gasteiger partial charge in [-0.1, -0.05) is 145 Å². The number of carbonyl (C=O) groups is 1. The molecule has 0 aromatic heterocycles. The van der Waals surface area contributed by atoms with Crippen LogP contribution in [0.15, 0.2) is 142 Å². The van der Waals surface area contributed by atoms with Crippen molar-refractivity contribution in [3.05, 3.63) is 142 Å². The van der Waals surface area contributed by atoms with E-state index in [1.54, 1.807) is 6.08 Å². The van der Waals surface area contributed by atoms with E-state index in [0.717, 1.165) is 17.4 Å². The molecule has 0 N–H and O–H groups in total. The lowest BCUT2D eigenvalue weighted by atomic mass is 9.72. The van der Waals surface area contributed by atoms with Gasteiger partial charge in [-0.3, -0.25) is 4.79 Å². The average molecular weight is 509 g/mol. The molecule has 1 heteroatoms. The molecule has 1 rings (SSSR count). The molecule has 0 spiro atoms. The van der Waals surface area contributed by atoms with Gasteiger partial charge in [-0.2, -0.15) is 0 Å². The minimum Gasteiger partial charge on any atom is -0.299 e. The molecule has 0 aromatic rings. The Morgan fingerprint density at radius 2 is 1.00 bits per heavy atom. The summed E-state index contributed by atoms with van der Waals surface area (Å²) in [6.45, 7) is 17.4. The number of rotatable bonds is 12. The lowest BCUT2D eigenvalue weighted by Gasteiger charge is -2.32. The fourth-order valence-electron chi connectivity index (χ4n) is 4.16. The summed E-state index contributed by atoms with van der Waals surface area (Å²) in [6, 6.07) is 0. The molecule has 0 heterocycles. The standard InChI is InChI=1S/C37H48O/c1-30(18-11-20-32(3)21-12-22-33(4)24-15-29-38)16-9-10-17-31(2)19-13-23-34(5)26-27-36-35(6)25-14-28-37(36,7)8/h9-13,15-24,26-27,29H,14,25,28H2,1-8H3/b10-9+,18-11+,19-13+,21-12+,24-15+,27-26+,30-16+,31-17+,32-20+,33-22+,34-23+. The summed E-state index contributed by atoms with van der Waals surface area (Å²) in [5, 5.41) is 0. The van der Waals surface area contributed by atoms with E-state index in [0.29, 0.717) is 0 Å². The fourth-order valence-corrected chi connectivity index (χ4v) is 4.16. The van der Waals surface area contributed by atoms with Gasteiger partial charge in [0, 0.05) is 0 Å². The lowest BCUT2D eigenvalue weighted by molar-refractivity contribution is -0.104. The molecule has 0 radical (unpaired) electrons. The maximum Gasteiger partial charge on any atom is 0.142 e. The van der Waals surface area contributed by atoms with Gasteiger partial charge >= 0.3 is 0 Å². The van der Waals surface area contributed by atoms with Crippen LogP contribution in [0, 0.1) is 5.41 Å². The van der Waals surface area contributed by atoms with Crippen LogP contribution in [0.3, 0.4) is 0 Å². The van der Waals surface area contributed by atoms with Gasteiger partial charge in [0.05, 0.1) is 0 Å². The zero-order valence-corrected chi connectivity index (χ0v) is 24.9. The molecule has 0 saturated carbocycles. The van der Waals surface area contributed by atoms with Gasteiger partial charge in [0.15, 0.2) is 0 Å². The zero-order valence-electron chi connectivity index (χ0n) is 24.9. The lowest BCUT2D eigenvalue weighted by Crippen LogP contribution is -2.19. The second-order valence-electron chi connectivity index (χ2n) is 10.8.